The molecule has 0 aliphatic rings. The van der Waals surface area contributed by atoms with Crippen LogP contribution in [0.15, 0.2) is 23.2 Å². The van der Waals surface area contributed by atoms with Gasteiger partial charge in [0.2, 0.25) is 0 Å². The number of rotatable bonds is 4. The lowest BCUT2D eigenvalue weighted by Gasteiger charge is -2.04. The molecule has 0 spiro atoms. The minimum atomic E-state index is -0.488. The number of hydrogen-bond donors (Lipinski definition) is 0. The third-order valence-electron chi connectivity index (χ3n) is 1.82. The Bertz CT molecular complexity index is 404. The number of halogens is 1. The van der Waals surface area contributed by atoms with Gasteiger partial charge in [0.1, 0.15) is 0 Å². The fourth-order valence-electron chi connectivity index (χ4n) is 1.06. The highest BCUT2D eigenvalue weighted by molar-refractivity contribution is 6.36. The van der Waals surface area contributed by atoms with Crippen molar-refractivity contribution < 1.29 is 14.3 Å². The van der Waals surface area contributed by atoms with E-state index < -0.39 is 5.97 Å². The number of methoxy groups -OCH3 is 1. The molecule has 0 aromatic heterocycles. The molecule has 5 heteroatoms. The van der Waals surface area contributed by atoms with Gasteiger partial charge in [0.15, 0.2) is 6.40 Å². The van der Waals surface area contributed by atoms with Gasteiger partial charge in [0.25, 0.3) is 0 Å². The fraction of sp³-hybridized carbons (Fsp3) is 0.273. The highest BCUT2D eigenvalue weighted by Gasteiger charge is 2.12. The van der Waals surface area contributed by atoms with Crippen molar-refractivity contribution in [2.75, 3.05) is 13.7 Å². The molecule has 1 rings (SSSR count). The average Bonchev–Trinajstić information content (AvgIpc) is 2.30. The first-order chi connectivity index (χ1) is 7.70. The van der Waals surface area contributed by atoms with Gasteiger partial charge < -0.3 is 9.47 Å². The zero-order valence-electron chi connectivity index (χ0n) is 9.07. The number of benzene rings is 1. The number of carbonyl (C=O) groups is 1. The van der Waals surface area contributed by atoms with Crippen LogP contribution in [0, 0.1) is 0 Å². The second kappa shape index (κ2) is 6.12. The highest BCUT2D eigenvalue weighted by Crippen LogP contribution is 2.28. The maximum Gasteiger partial charge on any atom is 0.339 e. The highest BCUT2D eigenvalue weighted by atomic mass is 35.5. The molecule has 0 aliphatic heterocycles. The fourth-order valence-corrected chi connectivity index (χ4v) is 1.31. The van der Waals surface area contributed by atoms with E-state index in [9.17, 15) is 4.79 Å². The van der Waals surface area contributed by atoms with E-state index in [1.165, 1.54) is 13.5 Å². The molecule has 0 N–H and O–H groups in total. The van der Waals surface area contributed by atoms with Crippen molar-refractivity contribution in [1.82, 2.24) is 0 Å². The lowest BCUT2D eigenvalue weighted by molar-refractivity contribution is 0.0601. The van der Waals surface area contributed by atoms with Crippen molar-refractivity contribution in [3.8, 4) is 0 Å². The van der Waals surface area contributed by atoms with Crippen molar-refractivity contribution in [3.05, 3.63) is 28.8 Å². The van der Waals surface area contributed by atoms with Crippen molar-refractivity contribution in [1.29, 1.82) is 0 Å². The van der Waals surface area contributed by atoms with Crippen LogP contribution in [0.2, 0.25) is 5.02 Å². The first-order valence-electron chi connectivity index (χ1n) is 4.71. The number of esters is 1. The predicted molar refractivity (Wildman–Crippen MR) is 62.6 cm³/mol. The Morgan fingerprint density at radius 2 is 2.31 bits per heavy atom. The summed E-state index contributed by atoms with van der Waals surface area (Å²) in [6.45, 7) is 2.37. The zero-order chi connectivity index (χ0) is 12.0. The van der Waals surface area contributed by atoms with Gasteiger partial charge in [-0.3, -0.25) is 0 Å². The van der Waals surface area contributed by atoms with Crippen LogP contribution in [0.5, 0.6) is 0 Å². The summed E-state index contributed by atoms with van der Waals surface area (Å²) in [6, 6.07) is 4.94. The first-order valence-corrected chi connectivity index (χ1v) is 5.09. The molecule has 0 saturated carbocycles. The summed E-state index contributed by atoms with van der Waals surface area (Å²) in [6.07, 6.45) is 1.29. The summed E-state index contributed by atoms with van der Waals surface area (Å²) >= 11 is 5.99. The minimum absolute atomic E-state index is 0.255. The lowest BCUT2D eigenvalue weighted by Crippen LogP contribution is -2.01. The Balaban J connectivity index is 2.99. The maximum atomic E-state index is 11.3. The van der Waals surface area contributed by atoms with Crippen molar-refractivity contribution in [3.63, 3.8) is 0 Å². The van der Waals surface area contributed by atoms with Gasteiger partial charge in [-0.05, 0) is 19.1 Å². The molecule has 16 heavy (non-hydrogen) atoms. The molecule has 1 aromatic carbocycles. The van der Waals surface area contributed by atoms with Crippen LogP contribution in [0.3, 0.4) is 0 Å². The van der Waals surface area contributed by atoms with Gasteiger partial charge in [-0.1, -0.05) is 17.7 Å². The predicted octanol–water partition coefficient (Wildman–Crippen LogP) is 2.82. The maximum absolute atomic E-state index is 11.3. The van der Waals surface area contributed by atoms with Crippen molar-refractivity contribution in [2.45, 2.75) is 6.92 Å². The molecule has 0 aliphatic carbocycles. The normalized spacial score (nSPS) is 10.4. The number of hydrogen-bond acceptors (Lipinski definition) is 4. The molecule has 0 atom stereocenters. The van der Waals surface area contributed by atoms with Crippen molar-refractivity contribution >= 4 is 29.7 Å². The van der Waals surface area contributed by atoms with Gasteiger partial charge in [-0.2, -0.15) is 0 Å². The van der Waals surface area contributed by atoms with E-state index in [2.05, 4.69) is 9.73 Å². The molecule has 86 valence electrons. The summed E-state index contributed by atoms with van der Waals surface area (Å²) in [4.78, 5) is 15.3. The monoisotopic (exact) mass is 241 g/mol. The summed E-state index contributed by atoms with van der Waals surface area (Å²) < 4.78 is 9.54. The number of carbonyl (C=O) groups excluding carboxylic acids is 1. The van der Waals surface area contributed by atoms with Crippen LogP contribution in [0.1, 0.15) is 17.3 Å². The van der Waals surface area contributed by atoms with Crippen LogP contribution in [0.4, 0.5) is 5.69 Å². The molecular weight excluding hydrogens is 230 g/mol. The van der Waals surface area contributed by atoms with Crippen LogP contribution < -0.4 is 0 Å². The molecule has 4 nitrogen and oxygen atoms in total. The van der Waals surface area contributed by atoms with Crippen molar-refractivity contribution in [2.24, 2.45) is 4.99 Å². The van der Waals surface area contributed by atoms with E-state index in [1.807, 2.05) is 6.92 Å². The Morgan fingerprint density at radius 3 is 2.94 bits per heavy atom. The summed E-state index contributed by atoms with van der Waals surface area (Å²) in [7, 11) is 1.30. The molecule has 0 fully saturated rings. The smallest absolute Gasteiger partial charge is 0.339 e. The Kier molecular flexibility index (Phi) is 4.79. The number of ether oxygens (including phenoxy) is 2. The lowest BCUT2D eigenvalue weighted by atomic mass is 10.2. The van der Waals surface area contributed by atoms with E-state index in [-0.39, 0.29) is 10.6 Å². The third kappa shape index (κ3) is 2.97. The molecule has 0 heterocycles. The Morgan fingerprint density at radius 1 is 1.56 bits per heavy atom. The molecule has 0 amide bonds. The van der Waals surface area contributed by atoms with Crippen LogP contribution in [-0.2, 0) is 9.47 Å². The molecule has 0 radical (unpaired) electrons. The van der Waals surface area contributed by atoms with Gasteiger partial charge in [0.05, 0.1) is 30.0 Å². The van der Waals surface area contributed by atoms with Gasteiger partial charge >= 0.3 is 5.97 Å². The second-order valence-corrected chi connectivity index (χ2v) is 3.20. The number of aliphatic imine (C=N–C) groups is 1. The minimum Gasteiger partial charge on any atom is -0.483 e. The van der Waals surface area contributed by atoms with Crippen LogP contribution >= 0.6 is 11.6 Å². The Hall–Kier alpha value is -1.55. The second-order valence-electron chi connectivity index (χ2n) is 2.82. The number of nitrogens with zero attached hydrogens (tertiary/aromatic N) is 1. The largest absolute Gasteiger partial charge is 0.483 e. The van der Waals surface area contributed by atoms with E-state index in [4.69, 9.17) is 16.3 Å². The SMILES string of the molecule is CCOC=Nc1cccc(C(=O)OC)c1Cl. The molecule has 0 saturated heterocycles. The van der Waals surface area contributed by atoms with Gasteiger partial charge in [-0.15, -0.1) is 0 Å². The molecule has 0 unspecified atom stereocenters. The Labute approximate surface area is 98.8 Å². The third-order valence-corrected chi connectivity index (χ3v) is 2.21. The molecular formula is C11H12ClNO3. The van der Waals surface area contributed by atoms with E-state index >= 15 is 0 Å². The van der Waals surface area contributed by atoms with Gasteiger partial charge in [-0.25, -0.2) is 9.79 Å². The topological polar surface area (TPSA) is 47.9 Å². The summed E-state index contributed by atoms with van der Waals surface area (Å²) in [5.74, 6) is -0.488. The van der Waals surface area contributed by atoms with Crippen LogP contribution in [0.25, 0.3) is 0 Å². The quantitative estimate of drug-likeness (QED) is 0.463. The van der Waals surface area contributed by atoms with Gasteiger partial charge in [0, 0.05) is 0 Å². The standard InChI is InChI=1S/C11H12ClNO3/c1-3-16-7-13-9-6-4-5-8(10(9)12)11(14)15-2/h4-7H,3H2,1-2H3. The summed E-state index contributed by atoms with van der Waals surface area (Å²) in [5.41, 5.74) is 0.758. The average molecular weight is 242 g/mol. The summed E-state index contributed by atoms with van der Waals surface area (Å²) in [5, 5.41) is 0.255. The van der Waals surface area contributed by atoms with E-state index in [1.54, 1.807) is 18.2 Å². The van der Waals surface area contributed by atoms with E-state index in [0.717, 1.165) is 0 Å². The molecule has 1 aromatic rings. The van der Waals surface area contributed by atoms with E-state index in [0.29, 0.717) is 12.3 Å². The zero-order valence-corrected chi connectivity index (χ0v) is 9.82. The first kappa shape index (κ1) is 12.5. The van der Waals surface area contributed by atoms with Crippen LogP contribution in [-0.4, -0.2) is 26.1 Å². The molecule has 0 bridgehead atoms.